The molecule has 5 heteroatoms. The van der Waals surface area contributed by atoms with Crippen molar-refractivity contribution in [3.8, 4) is 5.75 Å². The molecule has 0 saturated carbocycles. The smallest absolute Gasteiger partial charge is 0.342 e. The van der Waals surface area contributed by atoms with E-state index in [0.29, 0.717) is 34.6 Å². The molecule has 0 bridgehead atoms. The summed E-state index contributed by atoms with van der Waals surface area (Å²) >= 11 is 3.48. The van der Waals surface area contributed by atoms with Gasteiger partial charge in [0.2, 0.25) is 0 Å². The van der Waals surface area contributed by atoms with Crippen LogP contribution in [0.1, 0.15) is 21.7 Å². The number of benzene rings is 2. The summed E-state index contributed by atoms with van der Waals surface area (Å²) in [4.78, 5) is 12.0. The number of carbonyl (C=O) groups is 1. The van der Waals surface area contributed by atoms with Gasteiger partial charge in [0, 0.05) is 5.39 Å². The van der Waals surface area contributed by atoms with Crippen molar-refractivity contribution in [3.63, 3.8) is 0 Å². The molecular formula is C20H17BrO4. The van der Waals surface area contributed by atoms with Gasteiger partial charge in [-0.15, -0.1) is 0 Å². The van der Waals surface area contributed by atoms with Gasteiger partial charge in [-0.05, 0) is 46.6 Å². The normalized spacial score (nSPS) is 11.2. The maximum atomic E-state index is 12.0. The van der Waals surface area contributed by atoms with Gasteiger partial charge in [-0.3, -0.25) is 0 Å². The predicted molar refractivity (Wildman–Crippen MR) is 101 cm³/mol. The molecule has 0 aliphatic rings. The highest BCUT2D eigenvalue weighted by molar-refractivity contribution is 9.10. The molecule has 0 atom stereocenters. The highest BCUT2D eigenvalue weighted by Crippen LogP contribution is 2.35. The number of hydrogen-bond acceptors (Lipinski definition) is 4. The number of esters is 1. The van der Waals surface area contributed by atoms with Crippen LogP contribution in [0.3, 0.4) is 0 Å². The third kappa shape index (κ3) is 3.77. The predicted octanol–water partition coefficient (Wildman–Crippen LogP) is 5.38. The van der Waals surface area contributed by atoms with Crippen molar-refractivity contribution in [1.29, 1.82) is 0 Å². The molecule has 4 nitrogen and oxygen atoms in total. The Morgan fingerprint density at radius 3 is 2.72 bits per heavy atom. The number of carbonyl (C=O) groups excluding carboxylic acids is 1. The quantitative estimate of drug-likeness (QED) is 0.539. The summed E-state index contributed by atoms with van der Waals surface area (Å²) in [6.45, 7) is 2.15. The van der Waals surface area contributed by atoms with E-state index in [0.717, 1.165) is 10.0 Å². The molecule has 1 heterocycles. The summed E-state index contributed by atoms with van der Waals surface area (Å²) in [5, 5.41) is 0.676. The molecule has 0 amide bonds. The average Bonchev–Trinajstić information content (AvgIpc) is 2.93. The van der Waals surface area contributed by atoms with E-state index in [2.05, 4.69) is 15.9 Å². The van der Waals surface area contributed by atoms with Crippen LogP contribution in [0.4, 0.5) is 0 Å². The lowest BCUT2D eigenvalue weighted by Gasteiger charge is -2.06. The molecule has 0 aliphatic carbocycles. The van der Waals surface area contributed by atoms with Gasteiger partial charge in [0.1, 0.15) is 29.3 Å². The molecule has 0 aliphatic heterocycles. The number of furan rings is 1. The first-order valence-corrected chi connectivity index (χ1v) is 8.55. The lowest BCUT2D eigenvalue weighted by atomic mass is 10.1. The minimum atomic E-state index is -0.423. The van der Waals surface area contributed by atoms with Crippen LogP contribution >= 0.6 is 15.9 Å². The SMILES string of the molecule is COC(=O)c1c(C)oc2cc(Br)c(OC/C=C/c3ccccc3)cc12. The van der Waals surface area contributed by atoms with E-state index < -0.39 is 5.97 Å². The Labute approximate surface area is 154 Å². The third-order valence-corrected chi connectivity index (χ3v) is 4.37. The third-order valence-electron chi connectivity index (χ3n) is 3.75. The molecule has 0 fully saturated rings. The lowest BCUT2D eigenvalue weighted by Crippen LogP contribution is -2.02. The van der Waals surface area contributed by atoms with Crippen molar-refractivity contribution in [2.45, 2.75) is 6.92 Å². The molecule has 3 rings (SSSR count). The molecule has 2 aromatic carbocycles. The Bertz CT molecular complexity index is 926. The largest absolute Gasteiger partial charge is 0.488 e. The van der Waals surface area contributed by atoms with Crippen LogP contribution in [0.5, 0.6) is 5.75 Å². The zero-order valence-electron chi connectivity index (χ0n) is 13.9. The molecule has 0 N–H and O–H groups in total. The summed E-state index contributed by atoms with van der Waals surface area (Å²) < 4.78 is 17.1. The number of ether oxygens (including phenoxy) is 2. The van der Waals surface area contributed by atoms with Crippen molar-refractivity contribution in [2.75, 3.05) is 13.7 Å². The highest BCUT2D eigenvalue weighted by Gasteiger charge is 2.20. The van der Waals surface area contributed by atoms with Crippen molar-refractivity contribution in [1.82, 2.24) is 0 Å². The van der Waals surface area contributed by atoms with Gasteiger partial charge in [0.15, 0.2) is 0 Å². The Balaban J connectivity index is 1.82. The van der Waals surface area contributed by atoms with Crippen molar-refractivity contribution in [3.05, 3.63) is 69.9 Å². The zero-order chi connectivity index (χ0) is 17.8. The minimum absolute atomic E-state index is 0.406. The van der Waals surface area contributed by atoms with E-state index in [1.807, 2.05) is 42.5 Å². The summed E-state index contributed by atoms with van der Waals surface area (Å²) in [5.74, 6) is 0.736. The highest BCUT2D eigenvalue weighted by atomic mass is 79.9. The van der Waals surface area contributed by atoms with Crippen LogP contribution in [0.15, 0.2) is 57.4 Å². The molecule has 3 aromatic rings. The van der Waals surface area contributed by atoms with E-state index in [4.69, 9.17) is 13.9 Å². The maximum Gasteiger partial charge on any atom is 0.342 e. The fourth-order valence-electron chi connectivity index (χ4n) is 2.57. The van der Waals surface area contributed by atoms with Crippen LogP contribution in [-0.2, 0) is 4.74 Å². The first kappa shape index (κ1) is 17.3. The van der Waals surface area contributed by atoms with Crippen LogP contribution in [-0.4, -0.2) is 19.7 Å². The molecule has 128 valence electrons. The van der Waals surface area contributed by atoms with Crippen LogP contribution in [0.2, 0.25) is 0 Å². The van der Waals surface area contributed by atoms with Gasteiger partial charge in [0.05, 0.1) is 11.6 Å². The number of aryl methyl sites for hydroxylation is 1. The van der Waals surface area contributed by atoms with Crippen LogP contribution in [0, 0.1) is 6.92 Å². The van der Waals surface area contributed by atoms with Crippen LogP contribution < -0.4 is 4.74 Å². The summed E-state index contributed by atoms with van der Waals surface area (Å²) in [5.41, 5.74) is 2.14. The van der Waals surface area contributed by atoms with E-state index in [9.17, 15) is 4.79 Å². The summed E-state index contributed by atoms with van der Waals surface area (Å²) in [6.07, 6.45) is 3.93. The standard InChI is InChI=1S/C20H17BrO4/c1-13-19(20(22)23-2)15-11-18(16(21)12-17(15)25-13)24-10-6-9-14-7-4-3-5-8-14/h3-9,11-12H,10H2,1-2H3/b9-6+. The molecule has 0 unspecified atom stereocenters. The second kappa shape index (κ2) is 7.57. The molecule has 1 aromatic heterocycles. The molecule has 0 saturated heterocycles. The first-order chi connectivity index (χ1) is 12.1. The molecule has 25 heavy (non-hydrogen) atoms. The van der Waals surface area contributed by atoms with Crippen molar-refractivity contribution >= 4 is 38.9 Å². The summed E-state index contributed by atoms with van der Waals surface area (Å²) in [7, 11) is 1.35. The van der Waals surface area contributed by atoms with Crippen molar-refractivity contribution in [2.24, 2.45) is 0 Å². The van der Waals surface area contributed by atoms with Gasteiger partial charge in [-0.1, -0.05) is 36.4 Å². The van der Waals surface area contributed by atoms with E-state index in [-0.39, 0.29) is 0 Å². The number of fused-ring (bicyclic) bond motifs is 1. The number of hydrogen-bond donors (Lipinski definition) is 0. The van der Waals surface area contributed by atoms with E-state index >= 15 is 0 Å². The monoisotopic (exact) mass is 400 g/mol. The average molecular weight is 401 g/mol. The van der Waals surface area contributed by atoms with Crippen LogP contribution in [0.25, 0.3) is 17.0 Å². The van der Waals surface area contributed by atoms with Gasteiger partial charge in [0.25, 0.3) is 0 Å². The fraction of sp³-hybridized carbons (Fsp3) is 0.150. The second-order valence-electron chi connectivity index (χ2n) is 5.43. The Kier molecular flexibility index (Phi) is 5.24. The first-order valence-electron chi connectivity index (χ1n) is 7.75. The van der Waals surface area contributed by atoms with Crippen molar-refractivity contribution < 1.29 is 18.7 Å². The topological polar surface area (TPSA) is 48.7 Å². The number of halogens is 1. The summed E-state index contributed by atoms with van der Waals surface area (Å²) in [6, 6.07) is 13.6. The molecular weight excluding hydrogens is 384 g/mol. The lowest BCUT2D eigenvalue weighted by molar-refractivity contribution is 0.0601. The molecule has 0 radical (unpaired) electrons. The minimum Gasteiger partial charge on any atom is -0.488 e. The second-order valence-corrected chi connectivity index (χ2v) is 6.28. The fourth-order valence-corrected chi connectivity index (χ4v) is 3.01. The number of methoxy groups -OCH3 is 1. The number of rotatable bonds is 5. The van der Waals surface area contributed by atoms with E-state index in [1.165, 1.54) is 7.11 Å². The zero-order valence-corrected chi connectivity index (χ0v) is 15.5. The van der Waals surface area contributed by atoms with Gasteiger partial charge < -0.3 is 13.9 Å². The van der Waals surface area contributed by atoms with E-state index in [1.54, 1.807) is 19.1 Å². The van der Waals surface area contributed by atoms with Gasteiger partial charge >= 0.3 is 5.97 Å². The Morgan fingerprint density at radius 1 is 1.24 bits per heavy atom. The van der Waals surface area contributed by atoms with Gasteiger partial charge in [-0.25, -0.2) is 4.79 Å². The maximum absolute atomic E-state index is 12.0. The molecule has 0 spiro atoms. The Hall–Kier alpha value is -2.53. The Morgan fingerprint density at radius 2 is 2.00 bits per heavy atom. The van der Waals surface area contributed by atoms with Gasteiger partial charge in [-0.2, -0.15) is 0 Å².